The molecule has 1 atom stereocenters. The zero-order chi connectivity index (χ0) is 30.5. The van der Waals surface area contributed by atoms with Gasteiger partial charge in [-0.25, -0.2) is 4.79 Å². The molecule has 1 aromatic carbocycles. The second-order valence-electron chi connectivity index (χ2n) is 13.6. The lowest BCUT2D eigenvalue weighted by atomic mass is 9.83. The van der Waals surface area contributed by atoms with Crippen LogP contribution < -0.4 is 5.32 Å². The molecule has 6 rings (SSSR count). The first-order valence-electron chi connectivity index (χ1n) is 15.7. The molecule has 1 aromatic rings. The van der Waals surface area contributed by atoms with Gasteiger partial charge in [0.05, 0.1) is 23.3 Å². The van der Waals surface area contributed by atoms with Gasteiger partial charge >= 0.3 is 6.09 Å². The maximum absolute atomic E-state index is 13.2. The Labute approximate surface area is 252 Å². The molecule has 0 radical (unpaired) electrons. The molecule has 1 saturated carbocycles. The summed E-state index contributed by atoms with van der Waals surface area (Å²) in [5.41, 5.74) is 1.25. The number of imide groups is 2. The van der Waals surface area contributed by atoms with Gasteiger partial charge in [0.15, 0.2) is 0 Å². The third-order valence-corrected chi connectivity index (χ3v) is 9.53. The average molecular weight is 595 g/mol. The molecule has 0 spiro atoms. The Morgan fingerprint density at radius 2 is 1.53 bits per heavy atom. The van der Waals surface area contributed by atoms with Crippen LogP contribution in [0.25, 0.3) is 0 Å². The number of likely N-dealkylation sites (tertiary alicyclic amines) is 2. The monoisotopic (exact) mass is 594 g/mol. The van der Waals surface area contributed by atoms with Gasteiger partial charge in [-0.2, -0.15) is 0 Å². The van der Waals surface area contributed by atoms with Crippen LogP contribution in [0.3, 0.4) is 0 Å². The van der Waals surface area contributed by atoms with E-state index < -0.39 is 29.4 Å². The second kappa shape index (κ2) is 11.6. The molecule has 4 fully saturated rings. The van der Waals surface area contributed by atoms with Crippen molar-refractivity contribution in [3.05, 3.63) is 34.9 Å². The minimum Gasteiger partial charge on any atom is -0.444 e. The molecular formula is C32H42N4O7. The van der Waals surface area contributed by atoms with Crippen LogP contribution in [-0.2, 0) is 19.1 Å². The number of rotatable bonds is 5. The maximum Gasteiger partial charge on any atom is 0.410 e. The van der Waals surface area contributed by atoms with Crippen molar-refractivity contribution in [3.63, 3.8) is 0 Å². The van der Waals surface area contributed by atoms with Crippen LogP contribution in [0.1, 0.15) is 104 Å². The summed E-state index contributed by atoms with van der Waals surface area (Å²) in [6, 6.07) is 5.07. The van der Waals surface area contributed by atoms with E-state index in [2.05, 4.69) is 10.2 Å². The largest absolute Gasteiger partial charge is 0.444 e. The smallest absolute Gasteiger partial charge is 0.410 e. The zero-order valence-corrected chi connectivity index (χ0v) is 25.3. The van der Waals surface area contributed by atoms with Crippen LogP contribution in [-0.4, -0.2) is 100 Å². The normalized spacial score (nSPS) is 27.7. The molecule has 5 amide bonds. The number of benzene rings is 1. The summed E-state index contributed by atoms with van der Waals surface area (Å²) in [6.45, 7) is 8.94. The van der Waals surface area contributed by atoms with Crippen LogP contribution in [0, 0.1) is 0 Å². The van der Waals surface area contributed by atoms with Crippen molar-refractivity contribution in [2.45, 2.75) is 108 Å². The molecule has 3 saturated heterocycles. The highest BCUT2D eigenvalue weighted by Crippen LogP contribution is 2.37. The lowest BCUT2D eigenvalue weighted by Gasteiger charge is -2.47. The molecule has 11 nitrogen and oxygen atoms in total. The number of ether oxygens (including phenoxy) is 2. The molecule has 1 N–H and O–H groups in total. The summed E-state index contributed by atoms with van der Waals surface area (Å²) < 4.78 is 11.9. The number of piperidine rings is 3. The van der Waals surface area contributed by atoms with E-state index in [1.807, 2.05) is 32.9 Å². The number of carbonyl (C=O) groups excluding carboxylic acids is 5. The Bertz CT molecular complexity index is 1300. The van der Waals surface area contributed by atoms with E-state index in [9.17, 15) is 24.0 Å². The average Bonchev–Trinajstić information content (AvgIpc) is 3.19. The second-order valence-corrected chi connectivity index (χ2v) is 13.6. The molecule has 0 unspecified atom stereocenters. The van der Waals surface area contributed by atoms with Gasteiger partial charge in [-0.3, -0.25) is 29.4 Å². The molecule has 0 bridgehead atoms. The number of amides is 5. The standard InChI is InChI=1S/C32H42N4O7/c1-32(2,3)43-31(41)35-14-10-22(11-15-35)42-23-17-21(18-23)34-12-8-19(9-13-34)20-4-5-24-25(16-20)30(40)36(29(24)39)26-6-7-27(37)33-28(26)38/h4-5,16,19,21-23,26H,6-15,17-18H2,1-3H3,(H,33,37,38)/t21?,23?,26-/m1/s1. The van der Waals surface area contributed by atoms with Crippen molar-refractivity contribution in [1.29, 1.82) is 0 Å². The number of nitrogens with one attached hydrogen (secondary N) is 1. The summed E-state index contributed by atoms with van der Waals surface area (Å²) >= 11 is 0. The summed E-state index contributed by atoms with van der Waals surface area (Å²) in [6.07, 6.45) is 6.17. The van der Waals surface area contributed by atoms with Crippen molar-refractivity contribution >= 4 is 29.7 Å². The molecule has 43 heavy (non-hydrogen) atoms. The van der Waals surface area contributed by atoms with E-state index in [4.69, 9.17) is 9.47 Å². The lowest BCUT2D eigenvalue weighted by Crippen LogP contribution is -2.54. The van der Waals surface area contributed by atoms with Crippen molar-refractivity contribution in [2.24, 2.45) is 0 Å². The SMILES string of the molecule is CC(C)(C)OC(=O)N1CCC(OC2CC(N3CCC(c4ccc5c(c4)C(=O)N([C@@H]4CCC(=O)NC4=O)C5=O)CC3)C2)CC1. The molecule has 4 aliphatic heterocycles. The predicted molar refractivity (Wildman–Crippen MR) is 155 cm³/mol. The fourth-order valence-corrected chi connectivity index (χ4v) is 7.06. The fourth-order valence-electron chi connectivity index (χ4n) is 7.06. The van der Waals surface area contributed by atoms with E-state index in [-0.39, 0.29) is 37.0 Å². The molecular weight excluding hydrogens is 552 g/mol. The molecule has 232 valence electrons. The maximum atomic E-state index is 13.2. The van der Waals surface area contributed by atoms with E-state index in [0.29, 0.717) is 36.2 Å². The zero-order valence-electron chi connectivity index (χ0n) is 25.3. The Hall–Kier alpha value is -3.31. The summed E-state index contributed by atoms with van der Waals surface area (Å²) in [5.74, 6) is -1.59. The topological polar surface area (TPSA) is 126 Å². The quantitative estimate of drug-likeness (QED) is 0.516. The van der Waals surface area contributed by atoms with Crippen molar-refractivity contribution in [2.75, 3.05) is 26.2 Å². The Kier molecular flexibility index (Phi) is 8.06. The molecule has 0 aromatic heterocycles. The minimum atomic E-state index is -0.947. The van der Waals surface area contributed by atoms with E-state index in [0.717, 1.165) is 62.1 Å². The lowest BCUT2D eigenvalue weighted by molar-refractivity contribution is -0.136. The summed E-state index contributed by atoms with van der Waals surface area (Å²) in [7, 11) is 0. The summed E-state index contributed by atoms with van der Waals surface area (Å²) in [4.78, 5) is 67.8. The number of carbonyl (C=O) groups is 5. The van der Waals surface area contributed by atoms with Crippen LogP contribution >= 0.6 is 0 Å². The van der Waals surface area contributed by atoms with E-state index >= 15 is 0 Å². The van der Waals surface area contributed by atoms with Gasteiger partial charge in [-0.15, -0.1) is 0 Å². The van der Waals surface area contributed by atoms with E-state index in [1.165, 1.54) is 0 Å². The molecule has 5 aliphatic rings. The third kappa shape index (κ3) is 6.20. The van der Waals surface area contributed by atoms with Crippen LogP contribution in [0.15, 0.2) is 18.2 Å². The van der Waals surface area contributed by atoms with Gasteiger partial charge in [-0.05, 0) is 102 Å². The Morgan fingerprint density at radius 1 is 0.860 bits per heavy atom. The van der Waals surface area contributed by atoms with Gasteiger partial charge in [0.2, 0.25) is 11.8 Å². The predicted octanol–water partition coefficient (Wildman–Crippen LogP) is 3.21. The molecule has 11 heteroatoms. The van der Waals surface area contributed by atoms with Gasteiger partial charge in [0.25, 0.3) is 11.8 Å². The number of nitrogens with zero attached hydrogens (tertiary/aromatic N) is 3. The Balaban J connectivity index is 0.953. The van der Waals surface area contributed by atoms with Crippen molar-refractivity contribution in [1.82, 2.24) is 20.0 Å². The fraction of sp³-hybridized carbons (Fsp3) is 0.656. The Morgan fingerprint density at radius 3 is 2.19 bits per heavy atom. The first kappa shape index (κ1) is 29.7. The first-order valence-corrected chi connectivity index (χ1v) is 15.7. The van der Waals surface area contributed by atoms with Crippen LogP contribution in [0.4, 0.5) is 4.79 Å². The van der Waals surface area contributed by atoms with Crippen LogP contribution in [0.2, 0.25) is 0 Å². The van der Waals surface area contributed by atoms with Crippen LogP contribution in [0.5, 0.6) is 0 Å². The number of hydrogen-bond donors (Lipinski definition) is 1. The van der Waals surface area contributed by atoms with Gasteiger partial charge in [-0.1, -0.05) is 6.07 Å². The third-order valence-electron chi connectivity index (χ3n) is 9.53. The van der Waals surface area contributed by atoms with Gasteiger partial charge in [0, 0.05) is 25.6 Å². The highest BCUT2D eigenvalue weighted by atomic mass is 16.6. The van der Waals surface area contributed by atoms with Gasteiger partial charge < -0.3 is 19.3 Å². The van der Waals surface area contributed by atoms with Crippen molar-refractivity contribution < 1.29 is 33.4 Å². The van der Waals surface area contributed by atoms with Crippen molar-refractivity contribution in [3.8, 4) is 0 Å². The highest BCUT2D eigenvalue weighted by molar-refractivity contribution is 6.23. The molecule has 4 heterocycles. The van der Waals surface area contributed by atoms with E-state index in [1.54, 1.807) is 11.0 Å². The first-order chi connectivity index (χ1) is 20.5. The van der Waals surface area contributed by atoms with Gasteiger partial charge in [0.1, 0.15) is 11.6 Å². The highest BCUT2D eigenvalue weighted by Gasteiger charge is 2.45. The minimum absolute atomic E-state index is 0.108. The number of hydrogen-bond acceptors (Lipinski definition) is 8. The molecule has 1 aliphatic carbocycles. The summed E-state index contributed by atoms with van der Waals surface area (Å²) in [5, 5.41) is 2.24. The number of fused-ring (bicyclic) bond motifs is 1.